The lowest BCUT2D eigenvalue weighted by atomic mass is 9.99. The first-order valence-electron chi connectivity index (χ1n) is 8.61. The molecular formula is C18H25N3O3. The summed E-state index contributed by atoms with van der Waals surface area (Å²) in [6.45, 7) is 7.97. The van der Waals surface area contributed by atoms with Crippen LogP contribution in [0.15, 0.2) is 27.2 Å². The summed E-state index contributed by atoms with van der Waals surface area (Å²) in [5.41, 5.74) is 0.658. The van der Waals surface area contributed by atoms with Gasteiger partial charge >= 0.3 is 0 Å². The van der Waals surface area contributed by atoms with Crippen molar-refractivity contribution < 1.29 is 13.6 Å². The van der Waals surface area contributed by atoms with Gasteiger partial charge in [0.05, 0.1) is 18.4 Å². The lowest BCUT2D eigenvalue weighted by Gasteiger charge is -2.30. The monoisotopic (exact) mass is 331 g/mol. The second-order valence-electron chi connectivity index (χ2n) is 6.55. The van der Waals surface area contributed by atoms with Gasteiger partial charge in [-0.15, -0.1) is 0 Å². The number of furan rings is 1. The normalized spacial score (nSPS) is 16.4. The molecule has 1 N–H and O–H groups in total. The molecule has 2 aromatic heterocycles. The van der Waals surface area contributed by atoms with Gasteiger partial charge in [-0.25, -0.2) is 4.98 Å². The van der Waals surface area contributed by atoms with E-state index in [1.165, 1.54) is 12.8 Å². The van der Waals surface area contributed by atoms with Crippen LogP contribution >= 0.6 is 0 Å². The Kier molecular flexibility index (Phi) is 5.35. The zero-order valence-corrected chi connectivity index (χ0v) is 14.4. The second kappa shape index (κ2) is 7.66. The van der Waals surface area contributed by atoms with E-state index in [-0.39, 0.29) is 12.3 Å². The molecule has 130 valence electrons. The van der Waals surface area contributed by atoms with Crippen LogP contribution < -0.4 is 5.32 Å². The lowest BCUT2D eigenvalue weighted by Crippen LogP contribution is -2.39. The summed E-state index contributed by atoms with van der Waals surface area (Å²) in [5.74, 6) is 2.45. The molecule has 2 aromatic rings. The van der Waals surface area contributed by atoms with Gasteiger partial charge in [0.25, 0.3) is 5.89 Å². The van der Waals surface area contributed by atoms with E-state index in [0.717, 1.165) is 25.6 Å². The maximum Gasteiger partial charge on any atom is 0.263 e. The van der Waals surface area contributed by atoms with Crippen molar-refractivity contribution in [2.45, 2.75) is 33.1 Å². The molecule has 0 aromatic carbocycles. The molecule has 3 rings (SSSR count). The van der Waals surface area contributed by atoms with E-state index < -0.39 is 0 Å². The minimum atomic E-state index is -0.0252. The Morgan fingerprint density at radius 1 is 1.42 bits per heavy atom. The van der Waals surface area contributed by atoms with Crippen LogP contribution in [0.25, 0.3) is 11.7 Å². The Balaban J connectivity index is 1.45. The largest absolute Gasteiger partial charge is 0.459 e. The third kappa shape index (κ3) is 4.26. The van der Waals surface area contributed by atoms with Crippen molar-refractivity contribution in [3.63, 3.8) is 0 Å². The van der Waals surface area contributed by atoms with E-state index in [2.05, 4.69) is 22.1 Å². The first kappa shape index (κ1) is 16.8. The van der Waals surface area contributed by atoms with Crippen LogP contribution in [0.5, 0.6) is 0 Å². The number of nitrogens with one attached hydrogen (secondary N) is 1. The minimum absolute atomic E-state index is 0.0252. The number of likely N-dealkylation sites (tertiary alicyclic amines) is 1. The number of nitrogens with zero attached hydrogens (tertiary/aromatic N) is 2. The number of hydrogen-bond acceptors (Lipinski definition) is 5. The van der Waals surface area contributed by atoms with Gasteiger partial charge < -0.3 is 19.1 Å². The number of carbonyl (C=O) groups is 1. The van der Waals surface area contributed by atoms with Crippen molar-refractivity contribution >= 4 is 5.91 Å². The van der Waals surface area contributed by atoms with Crippen molar-refractivity contribution in [3.05, 3.63) is 29.9 Å². The maximum atomic E-state index is 12.1. The van der Waals surface area contributed by atoms with Crippen LogP contribution in [0, 0.1) is 12.8 Å². The molecular weight excluding hydrogens is 306 g/mol. The minimum Gasteiger partial charge on any atom is -0.459 e. The molecule has 1 fully saturated rings. The molecule has 0 aliphatic carbocycles. The van der Waals surface area contributed by atoms with E-state index in [1.807, 2.05) is 6.92 Å². The molecule has 3 heterocycles. The summed E-state index contributed by atoms with van der Waals surface area (Å²) in [5, 5.41) is 2.98. The van der Waals surface area contributed by atoms with Gasteiger partial charge in [0.2, 0.25) is 5.91 Å². The Morgan fingerprint density at radius 2 is 2.21 bits per heavy atom. The average Bonchev–Trinajstić information content (AvgIpc) is 3.20. The van der Waals surface area contributed by atoms with Crippen molar-refractivity contribution in [2.24, 2.45) is 5.92 Å². The number of hydrogen-bond donors (Lipinski definition) is 1. The van der Waals surface area contributed by atoms with Gasteiger partial charge in [0, 0.05) is 13.1 Å². The molecule has 0 spiro atoms. The topological polar surface area (TPSA) is 71.5 Å². The molecule has 1 amide bonds. The van der Waals surface area contributed by atoms with Crippen LogP contribution in [-0.4, -0.2) is 42.0 Å². The Hall–Kier alpha value is -2.08. The van der Waals surface area contributed by atoms with Crippen LogP contribution in [-0.2, 0) is 11.2 Å². The Bertz CT molecular complexity index is 655. The predicted molar refractivity (Wildman–Crippen MR) is 90.5 cm³/mol. The van der Waals surface area contributed by atoms with E-state index in [4.69, 9.17) is 8.83 Å². The van der Waals surface area contributed by atoms with Gasteiger partial charge in [-0.05, 0) is 50.9 Å². The SMILES string of the molecule is Cc1oc(-c2ccco2)nc1CC(=O)NCCN1CCC(C)CC1. The second-order valence-corrected chi connectivity index (χ2v) is 6.55. The maximum absolute atomic E-state index is 12.1. The zero-order valence-electron chi connectivity index (χ0n) is 14.4. The molecule has 6 nitrogen and oxygen atoms in total. The predicted octanol–water partition coefficient (Wildman–Crippen LogP) is 2.63. The van der Waals surface area contributed by atoms with E-state index >= 15 is 0 Å². The van der Waals surface area contributed by atoms with Crippen molar-refractivity contribution in [3.8, 4) is 11.7 Å². The van der Waals surface area contributed by atoms with Crippen molar-refractivity contribution in [1.82, 2.24) is 15.2 Å². The van der Waals surface area contributed by atoms with Gasteiger partial charge in [0.1, 0.15) is 5.76 Å². The molecule has 0 saturated carbocycles. The summed E-state index contributed by atoms with van der Waals surface area (Å²) in [6, 6.07) is 3.57. The first-order valence-corrected chi connectivity index (χ1v) is 8.61. The zero-order chi connectivity index (χ0) is 16.9. The summed E-state index contributed by atoms with van der Waals surface area (Å²) < 4.78 is 10.8. The van der Waals surface area contributed by atoms with Crippen LogP contribution in [0.2, 0.25) is 0 Å². The molecule has 1 saturated heterocycles. The number of aryl methyl sites for hydroxylation is 1. The standard InChI is InChI=1S/C18H25N3O3/c1-13-5-8-21(9-6-13)10-7-19-17(22)12-15-14(2)24-18(20-15)16-4-3-11-23-16/h3-4,11,13H,5-10,12H2,1-2H3,(H,19,22). The molecule has 0 atom stereocenters. The van der Waals surface area contributed by atoms with Gasteiger partial charge in [0.15, 0.2) is 5.76 Å². The molecule has 6 heteroatoms. The lowest BCUT2D eigenvalue weighted by molar-refractivity contribution is -0.120. The molecule has 24 heavy (non-hydrogen) atoms. The van der Waals surface area contributed by atoms with E-state index in [9.17, 15) is 4.79 Å². The number of carbonyl (C=O) groups excluding carboxylic acids is 1. The quantitative estimate of drug-likeness (QED) is 0.881. The number of piperidine rings is 1. The highest BCUT2D eigenvalue weighted by Gasteiger charge is 2.17. The number of oxazole rings is 1. The molecule has 0 unspecified atom stereocenters. The van der Waals surface area contributed by atoms with Gasteiger partial charge in [-0.2, -0.15) is 0 Å². The highest BCUT2D eigenvalue weighted by Crippen LogP contribution is 2.22. The average molecular weight is 331 g/mol. The molecule has 0 radical (unpaired) electrons. The fourth-order valence-electron chi connectivity index (χ4n) is 2.95. The fraction of sp³-hybridized carbons (Fsp3) is 0.556. The Morgan fingerprint density at radius 3 is 2.92 bits per heavy atom. The molecule has 1 aliphatic rings. The first-order chi connectivity index (χ1) is 11.6. The van der Waals surface area contributed by atoms with Crippen LogP contribution in [0.4, 0.5) is 0 Å². The molecule has 0 bridgehead atoms. The van der Waals surface area contributed by atoms with Crippen molar-refractivity contribution in [1.29, 1.82) is 0 Å². The smallest absolute Gasteiger partial charge is 0.263 e. The highest BCUT2D eigenvalue weighted by molar-refractivity contribution is 5.78. The van der Waals surface area contributed by atoms with Crippen LogP contribution in [0.3, 0.4) is 0 Å². The number of aromatic nitrogens is 1. The van der Waals surface area contributed by atoms with E-state index in [1.54, 1.807) is 18.4 Å². The third-order valence-electron chi connectivity index (χ3n) is 4.58. The summed E-state index contributed by atoms with van der Waals surface area (Å²) >= 11 is 0. The number of rotatable bonds is 6. The van der Waals surface area contributed by atoms with Gasteiger partial charge in [-0.1, -0.05) is 6.92 Å². The van der Waals surface area contributed by atoms with Crippen LogP contribution in [0.1, 0.15) is 31.2 Å². The fourth-order valence-corrected chi connectivity index (χ4v) is 2.95. The summed E-state index contributed by atoms with van der Waals surface area (Å²) in [6.07, 6.45) is 4.30. The van der Waals surface area contributed by atoms with Crippen molar-refractivity contribution in [2.75, 3.05) is 26.2 Å². The highest BCUT2D eigenvalue weighted by atomic mass is 16.4. The van der Waals surface area contributed by atoms with Gasteiger partial charge in [-0.3, -0.25) is 4.79 Å². The summed E-state index contributed by atoms with van der Waals surface area (Å²) in [4.78, 5) is 18.9. The molecule has 1 aliphatic heterocycles. The third-order valence-corrected chi connectivity index (χ3v) is 4.58. The summed E-state index contributed by atoms with van der Waals surface area (Å²) in [7, 11) is 0. The number of amides is 1. The Labute approximate surface area is 142 Å². The van der Waals surface area contributed by atoms with E-state index in [0.29, 0.717) is 29.6 Å².